The number of carboxylic acid groups (broad SMARTS) is 1. The highest BCUT2D eigenvalue weighted by atomic mass is 35.5. The van der Waals surface area contributed by atoms with Crippen LogP contribution in [0.25, 0.3) is 0 Å². The third-order valence-corrected chi connectivity index (χ3v) is 5.69. The fourth-order valence-corrected chi connectivity index (χ4v) is 3.77. The van der Waals surface area contributed by atoms with Gasteiger partial charge in [0.2, 0.25) is 0 Å². The summed E-state index contributed by atoms with van der Waals surface area (Å²) in [4.78, 5) is 65.8. The SMILES string of the molecule is CN(C)C(=O)N1CCN(C(=O)c2cccc(NC3=C(Cl)C(=O)N(C)C3=O)c2O)C(C(=O)O)C1. The molecule has 3 rings (SSSR count). The summed E-state index contributed by atoms with van der Waals surface area (Å²) in [7, 11) is 4.32. The highest BCUT2D eigenvalue weighted by molar-refractivity contribution is 6.48. The molecular formula is C20H22ClN5O7. The minimum atomic E-state index is -1.33. The number of amides is 5. The van der Waals surface area contributed by atoms with Gasteiger partial charge in [-0.2, -0.15) is 0 Å². The van der Waals surface area contributed by atoms with Gasteiger partial charge in [0.05, 0.1) is 17.8 Å². The highest BCUT2D eigenvalue weighted by Crippen LogP contribution is 2.33. The van der Waals surface area contributed by atoms with Crippen molar-refractivity contribution in [2.75, 3.05) is 46.1 Å². The zero-order valence-corrected chi connectivity index (χ0v) is 18.8. The largest absolute Gasteiger partial charge is 0.505 e. The Balaban J connectivity index is 1.87. The molecule has 2 heterocycles. The number of para-hydroxylation sites is 1. The van der Waals surface area contributed by atoms with E-state index in [1.165, 1.54) is 49.1 Å². The van der Waals surface area contributed by atoms with E-state index in [0.29, 0.717) is 0 Å². The fourth-order valence-electron chi connectivity index (χ4n) is 3.52. The molecule has 5 amide bonds. The predicted molar refractivity (Wildman–Crippen MR) is 116 cm³/mol. The van der Waals surface area contributed by atoms with Gasteiger partial charge in [-0.15, -0.1) is 0 Å². The molecule has 2 aliphatic rings. The predicted octanol–water partition coefficient (Wildman–Crippen LogP) is 0.146. The Bertz CT molecular complexity index is 1090. The van der Waals surface area contributed by atoms with Crippen LogP contribution in [0, 0.1) is 0 Å². The molecule has 13 heteroatoms. The van der Waals surface area contributed by atoms with Crippen molar-refractivity contribution < 1.29 is 34.2 Å². The minimum Gasteiger partial charge on any atom is -0.505 e. The third-order valence-electron chi connectivity index (χ3n) is 5.34. The van der Waals surface area contributed by atoms with Crippen molar-refractivity contribution >= 4 is 47.0 Å². The quantitative estimate of drug-likeness (QED) is 0.407. The van der Waals surface area contributed by atoms with Crippen molar-refractivity contribution in [3.05, 3.63) is 34.5 Å². The zero-order chi connectivity index (χ0) is 24.6. The summed E-state index contributed by atoms with van der Waals surface area (Å²) in [5, 5.41) is 22.5. The number of imide groups is 1. The summed E-state index contributed by atoms with van der Waals surface area (Å²) >= 11 is 5.91. The molecule has 0 aliphatic carbocycles. The molecular weight excluding hydrogens is 458 g/mol. The van der Waals surface area contributed by atoms with Crippen LogP contribution >= 0.6 is 11.6 Å². The molecule has 1 saturated heterocycles. The van der Waals surface area contributed by atoms with E-state index >= 15 is 0 Å². The van der Waals surface area contributed by atoms with Crippen LogP contribution in [-0.2, 0) is 14.4 Å². The molecule has 0 aromatic heterocycles. The van der Waals surface area contributed by atoms with Crippen LogP contribution in [0.4, 0.5) is 10.5 Å². The average Bonchev–Trinajstić information content (AvgIpc) is 2.96. The van der Waals surface area contributed by atoms with Gasteiger partial charge < -0.3 is 30.2 Å². The van der Waals surface area contributed by atoms with Crippen molar-refractivity contribution in [3.8, 4) is 5.75 Å². The van der Waals surface area contributed by atoms with Crippen molar-refractivity contribution in [1.82, 2.24) is 19.6 Å². The van der Waals surface area contributed by atoms with Gasteiger partial charge in [0.25, 0.3) is 17.7 Å². The number of carbonyl (C=O) groups is 5. The number of carboxylic acids is 1. The van der Waals surface area contributed by atoms with Crippen LogP contribution < -0.4 is 5.32 Å². The molecule has 176 valence electrons. The van der Waals surface area contributed by atoms with Crippen LogP contribution in [0.3, 0.4) is 0 Å². The normalized spacial score (nSPS) is 18.7. The number of phenolic OH excluding ortho intramolecular Hbond substituents is 1. The van der Waals surface area contributed by atoms with Gasteiger partial charge in [-0.25, -0.2) is 9.59 Å². The van der Waals surface area contributed by atoms with E-state index < -0.39 is 35.5 Å². The Morgan fingerprint density at radius 1 is 1.15 bits per heavy atom. The molecule has 0 spiro atoms. The molecule has 0 bridgehead atoms. The lowest BCUT2D eigenvalue weighted by atomic mass is 10.1. The van der Waals surface area contributed by atoms with Gasteiger partial charge in [0, 0.05) is 34.2 Å². The maximum absolute atomic E-state index is 13.2. The number of halogens is 1. The van der Waals surface area contributed by atoms with Gasteiger partial charge in [0.15, 0.2) is 5.75 Å². The second-order valence-corrected chi connectivity index (χ2v) is 8.04. The Kier molecular flexibility index (Phi) is 6.49. The van der Waals surface area contributed by atoms with Crippen molar-refractivity contribution in [2.45, 2.75) is 6.04 Å². The number of benzene rings is 1. The number of nitrogens with zero attached hydrogens (tertiary/aromatic N) is 4. The molecule has 2 aliphatic heterocycles. The Morgan fingerprint density at radius 3 is 2.36 bits per heavy atom. The van der Waals surface area contributed by atoms with Crippen LogP contribution in [-0.4, -0.2) is 106 Å². The average molecular weight is 480 g/mol. The van der Waals surface area contributed by atoms with E-state index in [1.54, 1.807) is 0 Å². The van der Waals surface area contributed by atoms with E-state index in [9.17, 15) is 34.2 Å². The lowest BCUT2D eigenvalue weighted by Gasteiger charge is -2.40. The Labute approximate surface area is 193 Å². The van der Waals surface area contributed by atoms with E-state index in [2.05, 4.69) is 5.32 Å². The molecule has 1 unspecified atom stereocenters. The molecule has 12 nitrogen and oxygen atoms in total. The summed E-state index contributed by atoms with van der Waals surface area (Å²) in [6.07, 6.45) is 0. The second kappa shape index (κ2) is 8.98. The van der Waals surface area contributed by atoms with E-state index in [4.69, 9.17) is 11.6 Å². The first-order chi connectivity index (χ1) is 15.5. The maximum Gasteiger partial charge on any atom is 0.328 e. The van der Waals surface area contributed by atoms with Gasteiger partial charge in [0.1, 0.15) is 16.8 Å². The first kappa shape index (κ1) is 23.9. The lowest BCUT2D eigenvalue weighted by molar-refractivity contribution is -0.144. The smallest absolute Gasteiger partial charge is 0.328 e. The number of rotatable bonds is 4. The summed E-state index contributed by atoms with van der Waals surface area (Å²) < 4.78 is 0. The number of hydrogen-bond donors (Lipinski definition) is 3. The van der Waals surface area contributed by atoms with Gasteiger partial charge in [-0.05, 0) is 12.1 Å². The van der Waals surface area contributed by atoms with Crippen molar-refractivity contribution in [2.24, 2.45) is 0 Å². The number of urea groups is 1. The number of aliphatic carboxylic acids is 1. The molecule has 3 N–H and O–H groups in total. The fraction of sp³-hybridized carbons (Fsp3) is 0.350. The summed E-state index contributed by atoms with van der Waals surface area (Å²) in [5.74, 6) is -4.06. The number of anilines is 1. The lowest BCUT2D eigenvalue weighted by Crippen LogP contribution is -2.60. The number of phenols is 1. The van der Waals surface area contributed by atoms with E-state index in [0.717, 1.165) is 9.80 Å². The maximum atomic E-state index is 13.2. The Hall–Kier alpha value is -3.80. The third kappa shape index (κ3) is 4.29. The standard InChI is InChI=1S/C20H22ClN5O7/c1-23(2)20(33)25-7-8-26(12(9-25)19(31)32)16(28)10-5-4-6-11(15(10)27)22-14-13(21)17(29)24(3)18(14)30/h4-6,12,22,27H,7-9H2,1-3H3,(H,31,32). The second-order valence-electron chi connectivity index (χ2n) is 7.66. The van der Waals surface area contributed by atoms with Crippen LogP contribution in [0.2, 0.25) is 0 Å². The topological polar surface area (TPSA) is 151 Å². The van der Waals surface area contributed by atoms with Gasteiger partial charge in [-0.1, -0.05) is 17.7 Å². The summed E-state index contributed by atoms with van der Waals surface area (Å²) in [6, 6.07) is 2.36. The molecule has 1 aromatic carbocycles. The number of piperazine rings is 1. The molecule has 1 fully saturated rings. The van der Waals surface area contributed by atoms with E-state index in [-0.39, 0.29) is 47.6 Å². The van der Waals surface area contributed by atoms with Crippen LogP contribution in [0.15, 0.2) is 28.9 Å². The monoisotopic (exact) mass is 479 g/mol. The molecule has 1 atom stereocenters. The van der Waals surface area contributed by atoms with Crippen LogP contribution in [0.5, 0.6) is 5.75 Å². The summed E-state index contributed by atoms with van der Waals surface area (Å²) in [6.45, 7) is -0.180. The van der Waals surface area contributed by atoms with E-state index in [1.807, 2.05) is 0 Å². The first-order valence-corrected chi connectivity index (χ1v) is 10.1. The summed E-state index contributed by atoms with van der Waals surface area (Å²) in [5.41, 5.74) is -0.553. The molecule has 1 aromatic rings. The zero-order valence-electron chi connectivity index (χ0n) is 18.0. The van der Waals surface area contributed by atoms with Crippen molar-refractivity contribution in [3.63, 3.8) is 0 Å². The molecule has 33 heavy (non-hydrogen) atoms. The van der Waals surface area contributed by atoms with Gasteiger partial charge >= 0.3 is 12.0 Å². The minimum absolute atomic E-state index is 0.0682. The number of aromatic hydroxyl groups is 1. The van der Waals surface area contributed by atoms with Crippen molar-refractivity contribution in [1.29, 1.82) is 0 Å². The van der Waals surface area contributed by atoms with Gasteiger partial charge in [-0.3, -0.25) is 19.3 Å². The van der Waals surface area contributed by atoms with Crippen LogP contribution in [0.1, 0.15) is 10.4 Å². The number of nitrogens with one attached hydrogen (secondary N) is 1. The Morgan fingerprint density at radius 2 is 1.82 bits per heavy atom. The molecule has 0 saturated carbocycles. The number of carbonyl (C=O) groups excluding carboxylic acids is 4. The highest BCUT2D eigenvalue weighted by Gasteiger charge is 2.39. The number of likely N-dealkylation sites (N-methyl/N-ethyl adjacent to an activating group) is 1. The number of hydrogen-bond acceptors (Lipinski definition) is 7. The molecule has 0 radical (unpaired) electrons. The first-order valence-electron chi connectivity index (χ1n) is 9.76.